The molecule has 2 bridgehead atoms. The lowest BCUT2D eigenvalue weighted by molar-refractivity contribution is 0.280. The lowest BCUT2D eigenvalue weighted by Crippen LogP contribution is -2.40. The lowest BCUT2D eigenvalue weighted by Gasteiger charge is -2.28. The van der Waals surface area contributed by atoms with E-state index in [2.05, 4.69) is 20.7 Å². The SMILES string of the molecule is CC(NS(=O)(=O)c1ccccc1Br)C1CC2CCC1C2. The topological polar surface area (TPSA) is 46.2 Å². The minimum atomic E-state index is -3.44. The number of hydrogen-bond donors (Lipinski definition) is 1. The highest BCUT2D eigenvalue weighted by Gasteiger charge is 2.42. The molecule has 110 valence electrons. The van der Waals surface area contributed by atoms with Crippen molar-refractivity contribution < 1.29 is 8.42 Å². The first kappa shape index (κ1) is 14.5. The van der Waals surface area contributed by atoms with Gasteiger partial charge in [-0.3, -0.25) is 0 Å². The van der Waals surface area contributed by atoms with Crippen molar-refractivity contribution in [2.75, 3.05) is 0 Å². The maximum absolute atomic E-state index is 12.5. The van der Waals surface area contributed by atoms with E-state index in [-0.39, 0.29) is 6.04 Å². The molecule has 3 rings (SSSR count). The van der Waals surface area contributed by atoms with Crippen LogP contribution in [0.15, 0.2) is 33.6 Å². The van der Waals surface area contributed by atoms with Gasteiger partial charge < -0.3 is 0 Å². The zero-order valence-corrected chi connectivity index (χ0v) is 14.0. The molecule has 0 amide bonds. The van der Waals surface area contributed by atoms with E-state index in [1.165, 1.54) is 25.7 Å². The summed E-state index contributed by atoms with van der Waals surface area (Å²) in [5, 5.41) is 0. The molecule has 0 aromatic heterocycles. The summed E-state index contributed by atoms with van der Waals surface area (Å²) < 4.78 is 28.5. The van der Waals surface area contributed by atoms with E-state index in [1.807, 2.05) is 13.0 Å². The molecule has 2 fully saturated rings. The predicted octanol–water partition coefficient (Wildman–Crippen LogP) is 3.55. The Morgan fingerprint density at radius 2 is 2.00 bits per heavy atom. The minimum Gasteiger partial charge on any atom is -0.208 e. The van der Waals surface area contributed by atoms with Crippen LogP contribution in [0.2, 0.25) is 0 Å². The molecule has 2 saturated carbocycles. The average molecular weight is 358 g/mol. The van der Waals surface area contributed by atoms with E-state index in [4.69, 9.17) is 0 Å². The Kier molecular flexibility index (Phi) is 3.95. The maximum atomic E-state index is 12.5. The first-order chi connectivity index (χ1) is 9.47. The molecule has 1 aromatic rings. The van der Waals surface area contributed by atoms with E-state index in [0.29, 0.717) is 15.3 Å². The molecule has 20 heavy (non-hydrogen) atoms. The van der Waals surface area contributed by atoms with Crippen LogP contribution in [0.5, 0.6) is 0 Å². The Bertz CT molecular complexity index is 602. The highest BCUT2D eigenvalue weighted by molar-refractivity contribution is 9.10. The van der Waals surface area contributed by atoms with Crippen LogP contribution in [0.3, 0.4) is 0 Å². The Balaban J connectivity index is 1.75. The Labute approximate surface area is 129 Å². The van der Waals surface area contributed by atoms with Crippen molar-refractivity contribution in [1.82, 2.24) is 4.72 Å². The Morgan fingerprint density at radius 1 is 1.25 bits per heavy atom. The van der Waals surface area contributed by atoms with Gasteiger partial charge in [-0.15, -0.1) is 0 Å². The van der Waals surface area contributed by atoms with Crippen LogP contribution < -0.4 is 4.72 Å². The van der Waals surface area contributed by atoms with Crippen LogP contribution in [0.25, 0.3) is 0 Å². The maximum Gasteiger partial charge on any atom is 0.241 e. The second-order valence-electron chi connectivity index (χ2n) is 6.18. The molecule has 0 aliphatic heterocycles. The molecule has 4 unspecified atom stereocenters. The fourth-order valence-electron chi connectivity index (χ4n) is 3.96. The molecular formula is C15H20BrNO2S. The smallest absolute Gasteiger partial charge is 0.208 e. The first-order valence-electron chi connectivity index (χ1n) is 7.24. The fraction of sp³-hybridized carbons (Fsp3) is 0.600. The van der Waals surface area contributed by atoms with Crippen LogP contribution in [0.4, 0.5) is 0 Å². The summed E-state index contributed by atoms with van der Waals surface area (Å²) in [6, 6.07) is 6.99. The molecule has 3 nitrogen and oxygen atoms in total. The monoisotopic (exact) mass is 357 g/mol. The third-order valence-corrected chi connectivity index (χ3v) is 7.47. The number of halogens is 1. The number of hydrogen-bond acceptors (Lipinski definition) is 2. The third-order valence-electron chi connectivity index (χ3n) is 4.90. The Hall–Kier alpha value is -0.390. The van der Waals surface area contributed by atoms with Crippen LogP contribution in [0, 0.1) is 17.8 Å². The standard InChI is InChI=1S/C15H20BrNO2S/c1-10(13-9-11-6-7-12(13)8-11)17-20(18,19)15-5-3-2-4-14(15)16/h2-5,10-13,17H,6-9H2,1H3. The zero-order valence-electron chi connectivity index (χ0n) is 11.5. The molecule has 1 N–H and O–H groups in total. The number of sulfonamides is 1. The summed E-state index contributed by atoms with van der Waals surface area (Å²) in [7, 11) is -3.44. The third kappa shape index (κ3) is 2.68. The number of fused-ring (bicyclic) bond motifs is 2. The van der Waals surface area contributed by atoms with Crippen molar-refractivity contribution in [2.45, 2.75) is 43.5 Å². The number of benzene rings is 1. The molecule has 2 aliphatic carbocycles. The zero-order chi connectivity index (χ0) is 14.3. The van der Waals surface area contributed by atoms with E-state index >= 15 is 0 Å². The minimum absolute atomic E-state index is 0.0161. The van der Waals surface area contributed by atoms with E-state index in [9.17, 15) is 8.42 Å². The summed E-state index contributed by atoms with van der Waals surface area (Å²) in [6.45, 7) is 2.01. The van der Waals surface area contributed by atoms with Gasteiger partial charge in [-0.2, -0.15) is 0 Å². The van der Waals surface area contributed by atoms with Gasteiger partial charge in [0.05, 0.1) is 4.90 Å². The van der Waals surface area contributed by atoms with E-state index in [1.54, 1.807) is 18.2 Å². The van der Waals surface area contributed by atoms with E-state index in [0.717, 1.165) is 11.8 Å². The van der Waals surface area contributed by atoms with Crippen LogP contribution in [-0.4, -0.2) is 14.5 Å². The summed E-state index contributed by atoms with van der Waals surface area (Å²) in [6.07, 6.45) is 5.09. The van der Waals surface area contributed by atoms with Gasteiger partial charge in [-0.25, -0.2) is 13.1 Å². The van der Waals surface area contributed by atoms with E-state index < -0.39 is 10.0 Å². The normalized spacial score (nSPS) is 30.6. The molecule has 0 heterocycles. The quantitative estimate of drug-likeness (QED) is 0.895. The van der Waals surface area contributed by atoms with Gasteiger partial charge >= 0.3 is 0 Å². The molecule has 0 saturated heterocycles. The van der Waals surface area contributed by atoms with Gasteiger partial charge in [0.2, 0.25) is 10.0 Å². The van der Waals surface area contributed by atoms with Crippen molar-refractivity contribution in [1.29, 1.82) is 0 Å². The van der Waals surface area contributed by atoms with Crippen molar-refractivity contribution in [2.24, 2.45) is 17.8 Å². The molecule has 1 aromatic carbocycles. The van der Waals surface area contributed by atoms with Crippen LogP contribution in [-0.2, 0) is 10.0 Å². The molecule has 0 radical (unpaired) electrons. The van der Waals surface area contributed by atoms with Crippen LogP contribution in [0.1, 0.15) is 32.6 Å². The van der Waals surface area contributed by atoms with Gasteiger partial charge in [0.1, 0.15) is 0 Å². The second kappa shape index (κ2) is 5.43. The molecule has 4 atom stereocenters. The van der Waals surface area contributed by atoms with Crippen molar-refractivity contribution >= 4 is 26.0 Å². The Morgan fingerprint density at radius 3 is 2.60 bits per heavy atom. The summed E-state index contributed by atoms with van der Waals surface area (Å²) >= 11 is 3.32. The molecule has 5 heteroatoms. The molecular weight excluding hydrogens is 338 g/mol. The summed E-state index contributed by atoms with van der Waals surface area (Å²) in [5.41, 5.74) is 0. The second-order valence-corrected chi connectivity index (χ2v) is 8.72. The first-order valence-corrected chi connectivity index (χ1v) is 9.52. The summed E-state index contributed by atoms with van der Waals surface area (Å²) in [5.74, 6) is 2.06. The van der Waals surface area contributed by atoms with Gasteiger partial charge in [0.25, 0.3) is 0 Å². The van der Waals surface area contributed by atoms with Crippen molar-refractivity contribution in [3.05, 3.63) is 28.7 Å². The number of nitrogens with one attached hydrogen (secondary N) is 1. The number of rotatable bonds is 4. The van der Waals surface area contributed by atoms with Gasteiger partial charge in [0.15, 0.2) is 0 Å². The van der Waals surface area contributed by atoms with Gasteiger partial charge in [-0.1, -0.05) is 18.6 Å². The summed E-state index contributed by atoms with van der Waals surface area (Å²) in [4.78, 5) is 0.329. The van der Waals surface area contributed by atoms with Crippen LogP contribution >= 0.6 is 15.9 Å². The lowest BCUT2D eigenvalue weighted by atomic mass is 9.84. The molecule has 2 aliphatic rings. The van der Waals surface area contributed by atoms with Crippen molar-refractivity contribution in [3.63, 3.8) is 0 Å². The van der Waals surface area contributed by atoms with Gasteiger partial charge in [-0.05, 0) is 72.0 Å². The highest BCUT2D eigenvalue weighted by Crippen LogP contribution is 2.49. The predicted molar refractivity (Wildman–Crippen MR) is 82.9 cm³/mol. The fourth-order valence-corrected chi connectivity index (χ4v) is 6.26. The van der Waals surface area contributed by atoms with Gasteiger partial charge in [0, 0.05) is 10.5 Å². The highest BCUT2D eigenvalue weighted by atomic mass is 79.9. The molecule has 0 spiro atoms. The van der Waals surface area contributed by atoms with Crippen molar-refractivity contribution in [3.8, 4) is 0 Å². The average Bonchev–Trinajstić information content (AvgIpc) is 3.00. The largest absolute Gasteiger partial charge is 0.241 e.